The van der Waals surface area contributed by atoms with E-state index in [1.165, 1.54) is 70.3 Å². The first-order valence-electron chi connectivity index (χ1n) is 9.50. The summed E-state index contributed by atoms with van der Waals surface area (Å²) in [6, 6.07) is 4.83. The van der Waals surface area contributed by atoms with Crippen LogP contribution in [0.15, 0.2) is 18.2 Å². The Bertz CT molecular complexity index is 437. The Hall–Kier alpha value is -1.18. The van der Waals surface area contributed by atoms with E-state index in [2.05, 4.69) is 20.8 Å². The van der Waals surface area contributed by atoms with Gasteiger partial charge < -0.3 is 10.2 Å². The summed E-state index contributed by atoms with van der Waals surface area (Å²) < 4.78 is 0. The average Bonchev–Trinajstić information content (AvgIpc) is 2.51. The van der Waals surface area contributed by atoms with Gasteiger partial charge in [-0.2, -0.15) is 0 Å². The second-order valence-electron chi connectivity index (χ2n) is 7.52. The maximum absolute atomic E-state index is 10.0. The number of benzene rings is 1. The molecule has 0 aliphatic rings. The first-order valence-corrected chi connectivity index (χ1v) is 9.50. The molecule has 1 aromatic carbocycles. The van der Waals surface area contributed by atoms with Crippen molar-refractivity contribution < 1.29 is 10.2 Å². The fourth-order valence-electron chi connectivity index (χ4n) is 3.26. The number of unbranched alkanes of at least 4 members (excludes halogenated alkanes) is 9. The number of aromatic hydroxyl groups is 2. The van der Waals surface area contributed by atoms with E-state index >= 15 is 0 Å². The van der Waals surface area contributed by atoms with Crippen molar-refractivity contribution in [1.82, 2.24) is 0 Å². The molecule has 0 radical (unpaired) electrons. The molecule has 0 spiro atoms. The summed E-state index contributed by atoms with van der Waals surface area (Å²) in [5.41, 5.74) is 0.761. The second-order valence-corrected chi connectivity index (χ2v) is 7.52. The first kappa shape index (κ1) is 19.9. The second kappa shape index (κ2) is 10.6. The zero-order valence-electron chi connectivity index (χ0n) is 15.4. The lowest BCUT2D eigenvalue weighted by atomic mass is 9.79. The highest BCUT2D eigenvalue weighted by molar-refractivity contribution is 5.42. The smallest absolute Gasteiger partial charge is 0.119 e. The van der Waals surface area contributed by atoms with Crippen molar-refractivity contribution in [2.45, 2.75) is 96.8 Å². The Balaban J connectivity index is 2.18. The van der Waals surface area contributed by atoms with Crippen LogP contribution < -0.4 is 0 Å². The van der Waals surface area contributed by atoms with Crippen molar-refractivity contribution in [3.05, 3.63) is 23.8 Å². The maximum Gasteiger partial charge on any atom is 0.119 e. The zero-order valence-corrected chi connectivity index (χ0v) is 15.4. The number of hydrogen-bond donors (Lipinski definition) is 2. The van der Waals surface area contributed by atoms with Crippen LogP contribution in [0.5, 0.6) is 11.5 Å². The van der Waals surface area contributed by atoms with Gasteiger partial charge in [0, 0.05) is 5.56 Å². The molecule has 0 saturated carbocycles. The monoisotopic (exact) mass is 320 g/mol. The topological polar surface area (TPSA) is 40.5 Å². The van der Waals surface area contributed by atoms with Gasteiger partial charge in [-0.25, -0.2) is 0 Å². The van der Waals surface area contributed by atoms with Gasteiger partial charge in [0.15, 0.2) is 0 Å². The highest BCUT2D eigenvalue weighted by Gasteiger charge is 2.23. The Morgan fingerprint density at radius 1 is 0.783 bits per heavy atom. The SMILES string of the molecule is CCCCCCCCCCCCC(C)(C)c1cc(O)ccc1O. The predicted octanol–water partition coefficient (Wildman–Crippen LogP) is 6.69. The van der Waals surface area contributed by atoms with E-state index in [1.54, 1.807) is 12.1 Å². The fourth-order valence-corrected chi connectivity index (χ4v) is 3.26. The molecule has 1 aromatic rings. The molecule has 0 atom stereocenters. The Morgan fingerprint density at radius 3 is 1.87 bits per heavy atom. The molecule has 2 nitrogen and oxygen atoms in total. The van der Waals surface area contributed by atoms with Gasteiger partial charge in [-0.3, -0.25) is 0 Å². The molecule has 0 saturated heterocycles. The molecular formula is C21H36O2. The molecule has 132 valence electrons. The van der Waals surface area contributed by atoms with E-state index in [4.69, 9.17) is 0 Å². The first-order chi connectivity index (χ1) is 11.0. The molecule has 0 amide bonds. The van der Waals surface area contributed by atoms with Crippen LogP contribution in [0.3, 0.4) is 0 Å². The van der Waals surface area contributed by atoms with Gasteiger partial charge in [0.05, 0.1) is 0 Å². The molecule has 0 heterocycles. The highest BCUT2D eigenvalue weighted by Crippen LogP contribution is 2.37. The Kier molecular flexibility index (Phi) is 9.13. The molecule has 0 aliphatic carbocycles. The largest absolute Gasteiger partial charge is 0.508 e. The lowest BCUT2D eigenvalue weighted by molar-refractivity contribution is 0.399. The summed E-state index contributed by atoms with van der Waals surface area (Å²) in [6.07, 6.45) is 14.4. The summed E-state index contributed by atoms with van der Waals surface area (Å²) in [4.78, 5) is 0. The van der Waals surface area contributed by atoms with Crippen LogP contribution in [-0.2, 0) is 5.41 Å². The van der Waals surface area contributed by atoms with E-state index in [9.17, 15) is 10.2 Å². The van der Waals surface area contributed by atoms with Crippen molar-refractivity contribution >= 4 is 0 Å². The normalized spacial score (nSPS) is 11.8. The summed E-state index contributed by atoms with van der Waals surface area (Å²) in [6.45, 7) is 6.56. The van der Waals surface area contributed by atoms with Crippen LogP contribution in [-0.4, -0.2) is 10.2 Å². The van der Waals surface area contributed by atoms with Crippen molar-refractivity contribution in [1.29, 1.82) is 0 Å². The number of phenolic OH excluding ortho intramolecular Hbond substituents is 2. The molecule has 2 heteroatoms. The van der Waals surface area contributed by atoms with E-state index in [1.807, 2.05) is 0 Å². The minimum absolute atomic E-state index is 0.0943. The van der Waals surface area contributed by atoms with Crippen LogP contribution in [0.1, 0.15) is 97.0 Å². The fraction of sp³-hybridized carbons (Fsp3) is 0.714. The van der Waals surface area contributed by atoms with Gasteiger partial charge in [0.1, 0.15) is 11.5 Å². The van der Waals surface area contributed by atoms with Gasteiger partial charge in [-0.05, 0) is 30.0 Å². The third-order valence-corrected chi connectivity index (χ3v) is 4.86. The number of rotatable bonds is 12. The quantitative estimate of drug-likeness (QED) is 0.333. The van der Waals surface area contributed by atoms with Gasteiger partial charge in [-0.15, -0.1) is 0 Å². The number of hydrogen-bond acceptors (Lipinski definition) is 2. The molecule has 0 aliphatic heterocycles. The van der Waals surface area contributed by atoms with Crippen LogP contribution >= 0.6 is 0 Å². The Morgan fingerprint density at radius 2 is 1.30 bits per heavy atom. The maximum atomic E-state index is 10.0. The van der Waals surface area contributed by atoms with Crippen molar-refractivity contribution in [2.75, 3.05) is 0 Å². The third-order valence-electron chi connectivity index (χ3n) is 4.86. The van der Waals surface area contributed by atoms with Gasteiger partial charge in [0.2, 0.25) is 0 Å². The molecule has 0 unspecified atom stereocenters. The summed E-state index contributed by atoms with van der Waals surface area (Å²) in [5, 5.41) is 19.7. The molecular weight excluding hydrogens is 284 g/mol. The third kappa shape index (κ3) is 7.76. The van der Waals surface area contributed by atoms with Crippen LogP contribution in [0.2, 0.25) is 0 Å². The lowest BCUT2D eigenvalue weighted by Crippen LogP contribution is -2.17. The highest BCUT2D eigenvalue weighted by atomic mass is 16.3. The van der Waals surface area contributed by atoms with Crippen molar-refractivity contribution in [3.8, 4) is 11.5 Å². The molecule has 1 rings (SSSR count). The van der Waals surface area contributed by atoms with E-state index in [0.29, 0.717) is 5.75 Å². The molecule has 2 N–H and O–H groups in total. The molecule has 23 heavy (non-hydrogen) atoms. The number of phenols is 2. The zero-order chi connectivity index (χ0) is 17.1. The van der Waals surface area contributed by atoms with Crippen LogP contribution in [0, 0.1) is 0 Å². The van der Waals surface area contributed by atoms with Crippen molar-refractivity contribution in [3.63, 3.8) is 0 Å². The van der Waals surface area contributed by atoms with Gasteiger partial charge >= 0.3 is 0 Å². The van der Waals surface area contributed by atoms with Gasteiger partial charge in [0.25, 0.3) is 0 Å². The Labute approximate surface area is 142 Å². The lowest BCUT2D eigenvalue weighted by Gasteiger charge is -2.26. The minimum atomic E-state index is -0.0943. The predicted molar refractivity (Wildman–Crippen MR) is 99.3 cm³/mol. The molecule has 0 bridgehead atoms. The standard InChI is InChI=1S/C21H36O2/c1-4-5-6-7-8-9-10-11-12-13-16-21(2,3)19-17-18(22)14-15-20(19)23/h14-15,17,22-23H,4-13,16H2,1-3H3. The molecule has 0 aromatic heterocycles. The van der Waals surface area contributed by atoms with Crippen molar-refractivity contribution in [2.24, 2.45) is 0 Å². The minimum Gasteiger partial charge on any atom is -0.508 e. The van der Waals surface area contributed by atoms with Gasteiger partial charge in [-0.1, -0.05) is 85.0 Å². The van der Waals surface area contributed by atoms with Crippen LogP contribution in [0.25, 0.3) is 0 Å². The average molecular weight is 321 g/mol. The summed E-state index contributed by atoms with van der Waals surface area (Å²) in [5.74, 6) is 0.522. The van der Waals surface area contributed by atoms with E-state index in [-0.39, 0.29) is 11.2 Å². The summed E-state index contributed by atoms with van der Waals surface area (Å²) >= 11 is 0. The van der Waals surface area contributed by atoms with Crippen LogP contribution in [0.4, 0.5) is 0 Å². The van der Waals surface area contributed by atoms with E-state index < -0.39 is 0 Å². The molecule has 0 fully saturated rings. The van der Waals surface area contributed by atoms with E-state index in [0.717, 1.165) is 12.0 Å². The summed E-state index contributed by atoms with van der Waals surface area (Å²) in [7, 11) is 0.